The molecule has 0 bridgehead atoms. The summed E-state index contributed by atoms with van der Waals surface area (Å²) in [7, 11) is 0. The van der Waals surface area contributed by atoms with Gasteiger partial charge in [-0.1, -0.05) is 29.8 Å². The Bertz CT molecular complexity index is 515. The summed E-state index contributed by atoms with van der Waals surface area (Å²) >= 11 is 0. The molecule has 0 spiro atoms. The number of rotatable bonds is 2. The molecular weight excluding hydrogens is 210 g/mol. The lowest BCUT2D eigenvalue weighted by Crippen LogP contribution is -2.30. The van der Waals surface area contributed by atoms with E-state index in [2.05, 4.69) is 41.2 Å². The maximum Gasteiger partial charge on any atom is 0.126 e. The van der Waals surface area contributed by atoms with Crippen LogP contribution in [-0.2, 0) is 5.54 Å². The number of aromatic nitrogens is 2. The van der Waals surface area contributed by atoms with E-state index in [1.165, 1.54) is 5.56 Å². The number of hydrogen-bond donors (Lipinski definition) is 2. The molecule has 0 aliphatic rings. The summed E-state index contributed by atoms with van der Waals surface area (Å²) in [6.07, 6.45) is 0. The van der Waals surface area contributed by atoms with Gasteiger partial charge in [-0.2, -0.15) is 0 Å². The number of nitrogens with zero attached hydrogens (tertiary/aromatic N) is 1. The quantitative estimate of drug-likeness (QED) is 0.832. The van der Waals surface area contributed by atoms with Crippen LogP contribution in [0.25, 0.3) is 11.3 Å². The van der Waals surface area contributed by atoms with E-state index in [9.17, 15) is 0 Å². The fourth-order valence-corrected chi connectivity index (χ4v) is 1.76. The molecule has 90 valence electrons. The number of imidazole rings is 1. The average Bonchev–Trinajstić information content (AvgIpc) is 2.61. The SMILES string of the molecule is Cc1ccc(-c2nc(C(C)(C)N)[nH]c2C)cc1. The Balaban J connectivity index is 2.46. The minimum atomic E-state index is -0.437. The van der Waals surface area contributed by atoms with Crippen molar-refractivity contribution in [3.05, 3.63) is 41.3 Å². The number of nitrogens with two attached hydrogens (primary N) is 1. The number of H-pyrrole nitrogens is 1. The predicted octanol–water partition coefficient (Wildman–Crippen LogP) is 2.89. The predicted molar refractivity (Wildman–Crippen MR) is 70.7 cm³/mol. The van der Waals surface area contributed by atoms with Crippen molar-refractivity contribution >= 4 is 0 Å². The zero-order valence-electron chi connectivity index (χ0n) is 10.8. The number of benzene rings is 1. The van der Waals surface area contributed by atoms with Crippen molar-refractivity contribution in [3.63, 3.8) is 0 Å². The zero-order chi connectivity index (χ0) is 12.6. The van der Waals surface area contributed by atoms with E-state index >= 15 is 0 Å². The first-order chi connectivity index (χ1) is 7.88. The first kappa shape index (κ1) is 11.9. The summed E-state index contributed by atoms with van der Waals surface area (Å²) in [6.45, 7) is 8.00. The molecule has 0 saturated heterocycles. The zero-order valence-corrected chi connectivity index (χ0v) is 10.8. The highest BCUT2D eigenvalue weighted by Crippen LogP contribution is 2.24. The van der Waals surface area contributed by atoms with Crippen LogP contribution in [0.1, 0.15) is 30.9 Å². The molecule has 2 aromatic rings. The lowest BCUT2D eigenvalue weighted by molar-refractivity contribution is 0.520. The molecular formula is C14H19N3. The summed E-state index contributed by atoms with van der Waals surface area (Å²) in [5.41, 5.74) is 10.0. The van der Waals surface area contributed by atoms with Crippen LogP contribution in [0.3, 0.4) is 0 Å². The van der Waals surface area contributed by atoms with Gasteiger partial charge in [-0.05, 0) is 27.7 Å². The molecule has 0 saturated carbocycles. The van der Waals surface area contributed by atoms with Gasteiger partial charge in [0.05, 0.1) is 11.2 Å². The number of hydrogen-bond acceptors (Lipinski definition) is 2. The standard InChI is InChI=1S/C14H19N3/c1-9-5-7-11(8-6-9)12-10(2)16-13(17-12)14(3,4)15/h5-8H,15H2,1-4H3,(H,16,17). The van der Waals surface area contributed by atoms with Gasteiger partial charge in [0, 0.05) is 11.3 Å². The molecule has 1 heterocycles. The molecule has 0 unspecified atom stereocenters. The smallest absolute Gasteiger partial charge is 0.126 e. The Hall–Kier alpha value is -1.61. The van der Waals surface area contributed by atoms with E-state index in [0.717, 1.165) is 22.8 Å². The van der Waals surface area contributed by atoms with Crippen LogP contribution in [0.4, 0.5) is 0 Å². The Morgan fingerprint density at radius 2 is 1.71 bits per heavy atom. The van der Waals surface area contributed by atoms with Gasteiger partial charge in [0.25, 0.3) is 0 Å². The van der Waals surface area contributed by atoms with E-state index < -0.39 is 5.54 Å². The van der Waals surface area contributed by atoms with Gasteiger partial charge in [-0.15, -0.1) is 0 Å². The van der Waals surface area contributed by atoms with Gasteiger partial charge >= 0.3 is 0 Å². The topological polar surface area (TPSA) is 54.7 Å². The van der Waals surface area contributed by atoms with Crippen LogP contribution in [0, 0.1) is 13.8 Å². The van der Waals surface area contributed by atoms with Crippen LogP contribution >= 0.6 is 0 Å². The third-order valence-electron chi connectivity index (χ3n) is 2.82. The van der Waals surface area contributed by atoms with Crippen molar-refractivity contribution < 1.29 is 0 Å². The summed E-state index contributed by atoms with van der Waals surface area (Å²) in [6, 6.07) is 8.37. The molecule has 17 heavy (non-hydrogen) atoms. The molecule has 1 aromatic carbocycles. The van der Waals surface area contributed by atoms with Crippen LogP contribution in [0.5, 0.6) is 0 Å². The highest BCUT2D eigenvalue weighted by atomic mass is 15.0. The second kappa shape index (κ2) is 4.00. The van der Waals surface area contributed by atoms with Crippen LogP contribution < -0.4 is 5.73 Å². The second-order valence-electron chi connectivity index (χ2n) is 5.15. The molecule has 3 N–H and O–H groups in total. The van der Waals surface area contributed by atoms with Crippen molar-refractivity contribution in [1.82, 2.24) is 9.97 Å². The Morgan fingerprint density at radius 1 is 1.12 bits per heavy atom. The summed E-state index contributed by atoms with van der Waals surface area (Å²) in [4.78, 5) is 7.86. The normalized spacial score (nSPS) is 11.8. The number of nitrogens with one attached hydrogen (secondary N) is 1. The third kappa shape index (κ3) is 2.39. The van der Waals surface area contributed by atoms with Crippen LogP contribution in [-0.4, -0.2) is 9.97 Å². The molecule has 3 heteroatoms. The van der Waals surface area contributed by atoms with Crippen LogP contribution in [0.2, 0.25) is 0 Å². The fourth-order valence-electron chi connectivity index (χ4n) is 1.76. The largest absolute Gasteiger partial charge is 0.344 e. The van der Waals surface area contributed by atoms with E-state index in [1.54, 1.807) is 0 Å². The summed E-state index contributed by atoms with van der Waals surface area (Å²) < 4.78 is 0. The molecule has 0 atom stereocenters. The van der Waals surface area contributed by atoms with Gasteiger partial charge in [0.2, 0.25) is 0 Å². The molecule has 2 rings (SSSR count). The molecule has 1 aromatic heterocycles. The van der Waals surface area contributed by atoms with Crippen molar-refractivity contribution in [1.29, 1.82) is 0 Å². The summed E-state index contributed by atoms with van der Waals surface area (Å²) in [5, 5.41) is 0. The Labute approximate surface area is 102 Å². The molecule has 0 fully saturated rings. The third-order valence-corrected chi connectivity index (χ3v) is 2.82. The average molecular weight is 229 g/mol. The molecule has 0 aliphatic carbocycles. The highest BCUT2D eigenvalue weighted by molar-refractivity contribution is 5.62. The lowest BCUT2D eigenvalue weighted by Gasteiger charge is -2.14. The first-order valence-electron chi connectivity index (χ1n) is 5.81. The van der Waals surface area contributed by atoms with E-state index in [0.29, 0.717) is 0 Å². The monoisotopic (exact) mass is 229 g/mol. The minimum Gasteiger partial charge on any atom is -0.344 e. The van der Waals surface area contributed by atoms with Crippen molar-refractivity contribution in [3.8, 4) is 11.3 Å². The van der Waals surface area contributed by atoms with Crippen molar-refractivity contribution in [2.24, 2.45) is 5.73 Å². The van der Waals surface area contributed by atoms with Gasteiger partial charge < -0.3 is 10.7 Å². The maximum atomic E-state index is 6.05. The van der Waals surface area contributed by atoms with Crippen molar-refractivity contribution in [2.45, 2.75) is 33.2 Å². The lowest BCUT2D eigenvalue weighted by atomic mass is 10.1. The first-order valence-corrected chi connectivity index (χ1v) is 5.81. The molecule has 3 nitrogen and oxygen atoms in total. The van der Waals surface area contributed by atoms with Crippen LogP contribution in [0.15, 0.2) is 24.3 Å². The number of aryl methyl sites for hydroxylation is 2. The van der Waals surface area contributed by atoms with Gasteiger partial charge in [0.1, 0.15) is 5.82 Å². The Morgan fingerprint density at radius 3 is 2.18 bits per heavy atom. The molecule has 0 radical (unpaired) electrons. The fraction of sp³-hybridized carbons (Fsp3) is 0.357. The number of aromatic amines is 1. The second-order valence-corrected chi connectivity index (χ2v) is 5.15. The van der Waals surface area contributed by atoms with E-state index in [1.807, 2.05) is 20.8 Å². The highest BCUT2D eigenvalue weighted by Gasteiger charge is 2.20. The van der Waals surface area contributed by atoms with Gasteiger partial charge in [-0.3, -0.25) is 0 Å². The molecule has 0 aliphatic heterocycles. The summed E-state index contributed by atoms with van der Waals surface area (Å²) in [5.74, 6) is 0.825. The van der Waals surface area contributed by atoms with Gasteiger partial charge in [0.15, 0.2) is 0 Å². The maximum absolute atomic E-state index is 6.05. The molecule has 0 amide bonds. The Kier molecular flexibility index (Phi) is 2.79. The van der Waals surface area contributed by atoms with Crippen molar-refractivity contribution in [2.75, 3.05) is 0 Å². The van der Waals surface area contributed by atoms with E-state index in [-0.39, 0.29) is 0 Å². The minimum absolute atomic E-state index is 0.437. The van der Waals surface area contributed by atoms with E-state index in [4.69, 9.17) is 5.73 Å². The van der Waals surface area contributed by atoms with Gasteiger partial charge in [-0.25, -0.2) is 4.98 Å².